The third kappa shape index (κ3) is 4.71. The highest BCUT2D eigenvalue weighted by atomic mass is 32.2. The normalized spacial score (nSPS) is 18.2. The van der Waals surface area contributed by atoms with Crippen LogP contribution in [-0.2, 0) is 19.6 Å². The quantitative estimate of drug-likeness (QED) is 0.848. The molecule has 0 bridgehead atoms. The molecule has 1 amide bonds. The minimum Gasteiger partial charge on any atom is -0.376 e. The van der Waals surface area contributed by atoms with Crippen LogP contribution >= 0.6 is 0 Å². The number of rotatable bonds is 6. The van der Waals surface area contributed by atoms with Crippen LogP contribution in [0.3, 0.4) is 0 Å². The number of anilines is 1. The van der Waals surface area contributed by atoms with Gasteiger partial charge in [0.1, 0.15) is 6.54 Å². The van der Waals surface area contributed by atoms with E-state index in [2.05, 4.69) is 5.32 Å². The van der Waals surface area contributed by atoms with E-state index in [4.69, 9.17) is 4.74 Å². The first kappa shape index (κ1) is 16.8. The van der Waals surface area contributed by atoms with E-state index in [0.29, 0.717) is 12.2 Å². The van der Waals surface area contributed by atoms with Crippen molar-refractivity contribution in [3.63, 3.8) is 0 Å². The molecule has 0 spiro atoms. The molecule has 0 saturated carbocycles. The standard InChI is InChI=1S/C15H22N2O4S/c1-12-5-7-13(8-6-12)17(22(2,19)20)11-15(18)16-10-14-4-3-9-21-14/h5-8,14H,3-4,9-11H2,1-2H3,(H,16,18). The fourth-order valence-electron chi connectivity index (χ4n) is 2.33. The van der Waals surface area contributed by atoms with Crippen LogP contribution in [0.25, 0.3) is 0 Å². The topological polar surface area (TPSA) is 75.7 Å². The molecule has 1 heterocycles. The molecule has 6 nitrogen and oxygen atoms in total. The first-order valence-corrected chi connectivity index (χ1v) is 9.14. The van der Waals surface area contributed by atoms with Gasteiger partial charge in [-0.25, -0.2) is 8.42 Å². The minimum absolute atomic E-state index is 0.0370. The summed E-state index contributed by atoms with van der Waals surface area (Å²) in [7, 11) is -3.52. The Balaban J connectivity index is 2.00. The molecule has 1 aromatic carbocycles. The van der Waals surface area contributed by atoms with Crippen LogP contribution in [-0.4, -0.2) is 46.4 Å². The summed E-state index contributed by atoms with van der Waals surface area (Å²) in [6.07, 6.45) is 3.06. The van der Waals surface area contributed by atoms with Gasteiger partial charge in [0, 0.05) is 13.2 Å². The average molecular weight is 326 g/mol. The van der Waals surface area contributed by atoms with Crippen LogP contribution in [0.15, 0.2) is 24.3 Å². The predicted molar refractivity (Wildman–Crippen MR) is 85.4 cm³/mol. The van der Waals surface area contributed by atoms with Gasteiger partial charge in [0.15, 0.2) is 0 Å². The predicted octanol–water partition coefficient (Wildman–Crippen LogP) is 1.06. The summed E-state index contributed by atoms with van der Waals surface area (Å²) < 4.78 is 30.4. The van der Waals surface area contributed by atoms with Crippen molar-refractivity contribution in [2.45, 2.75) is 25.9 Å². The summed E-state index contributed by atoms with van der Waals surface area (Å²) in [6.45, 7) is 2.83. The van der Waals surface area contributed by atoms with Gasteiger partial charge >= 0.3 is 0 Å². The highest BCUT2D eigenvalue weighted by Crippen LogP contribution is 2.18. The average Bonchev–Trinajstić information content (AvgIpc) is 2.96. The summed E-state index contributed by atoms with van der Waals surface area (Å²) in [5, 5.41) is 2.74. The Morgan fingerprint density at radius 3 is 2.59 bits per heavy atom. The molecule has 7 heteroatoms. The van der Waals surface area contributed by atoms with E-state index in [1.807, 2.05) is 19.1 Å². The lowest BCUT2D eigenvalue weighted by Crippen LogP contribution is -2.42. The second-order valence-electron chi connectivity index (χ2n) is 5.54. The number of amides is 1. The number of benzene rings is 1. The smallest absolute Gasteiger partial charge is 0.240 e. The van der Waals surface area contributed by atoms with Crippen LogP contribution in [0.2, 0.25) is 0 Å². The van der Waals surface area contributed by atoms with Crippen LogP contribution in [0.4, 0.5) is 5.69 Å². The molecule has 1 aliphatic heterocycles. The fourth-order valence-corrected chi connectivity index (χ4v) is 3.19. The number of aryl methyl sites for hydroxylation is 1. The van der Waals surface area contributed by atoms with Gasteiger partial charge in [0.25, 0.3) is 0 Å². The first-order valence-electron chi connectivity index (χ1n) is 7.29. The van der Waals surface area contributed by atoms with Crippen LogP contribution in [0, 0.1) is 6.92 Å². The van der Waals surface area contributed by atoms with Crippen molar-refractivity contribution in [1.29, 1.82) is 0 Å². The maximum Gasteiger partial charge on any atom is 0.240 e. The minimum atomic E-state index is -3.52. The molecular formula is C15H22N2O4S. The van der Waals surface area contributed by atoms with E-state index < -0.39 is 10.0 Å². The van der Waals surface area contributed by atoms with E-state index in [1.54, 1.807) is 12.1 Å². The highest BCUT2D eigenvalue weighted by molar-refractivity contribution is 7.92. The molecule has 1 aliphatic rings. The molecule has 2 rings (SSSR count). The number of nitrogens with zero attached hydrogens (tertiary/aromatic N) is 1. The van der Waals surface area contributed by atoms with E-state index in [0.717, 1.165) is 35.6 Å². The van der Waals surface area contributed by atoms with E-state index >= 15 is 0 Å². The Kier molecular flexibility index (Phi) is 5.42. The number of nitrogens with one attached hydrogen (secondary N) is 1. The van der Waals surface area contributed by atoms with Gasteiger partial charge in [-0.2, -0.15) is 0 Å². The molecule has 1 N–H and O–H groups in total. The van der Waals surface area contributed by atoms with Gasteiger partial charge in [-0.1, -0.05) is 17.7 Å². The largest absolute Gasteiger partial charge is 0.376 e. The van der Waals surface area contributed by atoms with Crippen molar-refractivity contribution in [1.82, 2.24) is 5.32 Å². The molecule has 122 valence electrons. The SMILES string of the molecule is Cc1ccc(N(CC(=O)NCC2CCCO2)S(C)(=O)=O)cc1. The summed E-state index contributed by atoms with van der Waals surface area (Å²) in [5.74, 6) is -0.332. The Hall–Kier alpha value is -1.60. The molecular weight excluding hydrogens is 304 g/mol. The van der Waals surface area contributed by atoms with Gasteiger partial charge in [0.2, 0.25) is 15.9 Å². The lowest BCUT2D eigenvalue weighted by molar-refractivity contribution is -0.120. The van der Waals surface area contributed by atoms with Gasteiger partial charge in [-0.3, -0.25) is 9.10 Å². The van der Waals surface area contributed by atoms with Gasteiger partial charge in [0.05, 0.1) is 18.0 Å². The summed E-state index contributed by atoms with van der Waals surface area (Å²) in [6, 6.07) is 7.03. The molecule has 1 atom stereocenters. The lowest BCUT2D eigenvalue weighted by atomic mass is 10.2. The number of ether oxygens (including phenoxy) is 1. The maximum absolute atomic E-state index is 12.0. The van der Waals surface area contributed by atoms with E-state index in [9.17, 15) is 13.2 Å². The van der Waals surface area contributed by atoms with Gasteiger partial charge in [-0.05, 0) is 31.9 Å². The van der Waals surface area contributed by atoms with E-state index in [-0.39, 0.29) is 18.6 Å². The molecule has 1 aromatic rings. The molecule has 0 aromatic heterocycles. The maximum atomic E-state index is 12.0. The van der Waals surface area contributed by atoms with Crippen molar-refractivity contribution in [3.8, 4) is 0 Å². The van der Waals surface area contributed by atoms with Crippen molar-refractivity contribution in [3.05, 3.63) is 29.8 Å². The number of hydrogen-bond acceptors (Lipinski definition) is 4. The zero-order valence-electron chi connectivity index (χ0n) is 12.9. The Bertz CT molecular complexity index is 607. The van der Waals surface area contributed by atoms with Crippen molar-refractivity contribution >= 4 is 21.6 Å². The second-order valence-corrected chi connectivity index (χ2v) is 7.45. The Morgan fingerprint density at radius 2 is 2.05 bits per heavy atom. The second kappa shape index (κ2) is 7.11. The first-order chi connectivity index (χ1) is 10.4. The van der Waals surface area contributed by atoms with Crippen LogP contribution in [0.5, 0.6) is 0 Å². The Labute approximate surface area is 131 Å². The monoisotopic (exact) mass is 326 g/mol. The summed E-state index contributed by atoms with van der Waals surface area (Å²) in [4.78, 5) is 12.0. The van der Waals surface area contributed by atoms with Gasteiger partial charge < -0.3 is 10.1 Å². The van der Waals surface area contributed by atoms with Crippen molar-refractivity contribution < 1.29 is 17.9 Å². The van der Waals surface area contributed by atoms with Crippen LogP contribution in [0.1, 0.15) is 18.4 Å². The highest BCUT2D eigenvalue weighted by Gasteiger charge is 2.22. The molecule has 1 fully saturated rings. The number of carbonyl (C=O) groups excluding carboxylic acids is 1. The lowest BCUT2D eigenvalue weighted by Gasteiger charge is -2.22. The zero-order chi connectivity index (χ0) is 16.2. The third-order valence-electron chi connectivity index (χ3n) is 3.56. The third-order valence-corrected chi connectivity index (χ3v) is 4.70. The Morgan fingerprint density at radius 1 is 1.36 bits per heavy atom. The molecule has 1 saturated heterocycles. The summed E-state index contributed by atoms with van der Waals surface area (Å²) in [5.41, 5.74) is 1.51. The number of carbonyl (C=O) groups is 1. The van der Waals surface area contributed by atoms with Crippen molar-refractivity contribution in [2.75, 3.05) is 30.3 Å². The fraction of sp³-hybridized carbons (Fsp3) is 0.533. The molecule has 1 unspecified atom stereocenters. The molecule has 22 heavy (non-hydrogen) atoms. The van der Waals surface area contributed by atoms with E-state index in [1.165, 1.54) is 0 Å². The van der Waals surface area contributed by atoms with Crippen LogP contribution < -0.4 is 9.62 Å². The van der Waals surface area contributed by atoms with Gasteiger partial charge in [-0.15, -0.1) is 0 Å². The number of sulfonamides is 1. The molecule has 0 aliphatic carbocycles. The summed E-state index contributed by atoms with van der Waals surface area (Å²) >= 11 is 0. The zero-order valence-corrected chi connectivity index (χ0v) is 13.7. The van der Waals surface area contributed by atoms with Crippen molar-refractivity contribution in [2.24, 2.45) is 0 Å². The number of hydrogen-bond donors (Lipinski definition) is 1. The molecule has 0 radical (unpaired) electrons.